The number of methoxy groups -OCH3 is 1. The third kappa shape index (κ3) is 4.14. The number of benzene rings is 2. The first-order valence-corrected chi connectivity index (χ1v) is 10.7. The van der Waals surface area contributed by atoms with Crippen molar-refractivity contribution in [3.63, 3.8) is 0 Å². The van der Waals surface area contributed by atoms with Gasteiger partial charge >= 0.3 is 0 Å². The summed E-state index contributed by atoms with van der Waals surface area (Å²) >= 11 is 0. The van der Waals surface area contributed by atoms with E-state index in [1.165, 1.54) is 22.9 Å². The van der Waals surface area contributed by atoms with Gasteiger partial charge in [0.05, 0.1) is 23.6 Å². The Morgan fingerprint density at radius 2 is 2.00 bits per heavy atom. The molecule has 0 radical (unpaired) electrons. The van der Waals surface area contributed by atoms with Gasteiger partial charge in [0.25, 0.3) is 11.5 Å². The summed E-state index contributed by atoms with van der Waals surface area (Å²) in [5.41, 5.74) is 2.15. The molecule has 4 aromatic rings. The van der Waals surface area contributed by atoms with Crippen LogP contribution in [-0.4, -0.2) is 57.1 Å². The number of hydrogen-bond donors (Lipinski definition) is 1. The number of fused-ring (bicyclic) bond motifs is 1. The van der Waals surface area contributed by atoms with Crippen molar-refractivity contribution in [3.05, 3.63) is 76.5 Å². The number of hydrogen-bond acceptors (Lipinski definition) is 5. The van der Waals surface area contributed by atoms with Crippen molar-refractivity contribution in [1.82, 2.24) is 24.9 Å². The molecule has 1 fully saturated rings. The van der Waals surface area contributed by atoms with E-state index in [-0.39, 0.29) is 23.4 Å². The van der Waals surface area contributed by atoms with Crippen LogP contribution >= 0.6 is 0 Å². The molecule has 168 valence electrons. The molecule has 0 spiro atoms. The number of aromatic nitrogens is 4. The smallest absolute Gasteiger partial charge is 0.258 e. The SMILES string of the molecule is CO[C@H]1CCCN(C(=O)c2ccc(-n3cc(-c4cc5cc(F)ccc5[nH]c4=O)nn3)cc2)C1. The van der Waals surface area contributed by atoms with Crippen molar-refractivity contribution in [2.75, 3.05) is 20.2 Å². The van der Waals surface area contributed by atoms with Gasteiger partial charge in [-0.3, -0.25) is 9.59 Å². The van der Waals surface area contributed by atoms with Gasteiger partial charge in [-0.05, 0) is 61.4 Å². The predicted molar refractivity (Wildman–Crippen MR) is 121 cm³/mol. The van der Waals surface area contributed by atoms with E-state index < -0.39 is 0 Å². The number of rotatable bonds is 4. The number of ether oxygens (including phenoxy) is 1. The molecule has 1 amide bonds. The van der Waals surface area contributed by atoms with Crippen molar-refractivity contribution in [2.24, 2.45) is 0 Å². The number of piperidine rings is 1. The summed E-state index contributed by atoms with van der Waals surface area (Å²) in [6.45, 7) is 1.31. The highest BCUT2D eigenvalue weighted by Crippen LogP contribution is 2.21. The number of pyridine rings is 1. The fraction of sp³-hybridized carbons (Fsp3) is 0.250. The van der Waals surface area contributed by atoms with Gasteiger partial charge in [0.2, 0.25) is 0 Å². The number of halogens is 1. The standard InChI is InChI=1S/C24H22FN5O3/c1-33-19-3-2-10-29(13-19)24(32)15-4-7-18(8-5-15)30-14-22(27-28-30)20-12-16-11-17(25)6-9-21(16)26-23(20)31/h4-9,11-12,14,19H,2-3,10,13H2,1H3,(H,26,31)/t19-/m0/s1. The van der Waals surface area contributed by atoms with E-state index in [0.717, 1.165) is 19.4 Å². The Kier molecular flexibility index (Phi) is 5.47. The largest absolute Gasteiger partial charge is 0.380 e. The number of amides is 1. The molecule has 8 nitrogen and oxygen atoms in total. The Morgan fingerprint density at radius 1 is 1.18 bits per heavy atom. The van der Waals surface area contributed by atoms with Gasteiger partial charge < -0.3 is 14.6 Å². The second-order valence-electron chi connectivity index (χ2n) is 8.09. The van der Waals surface area contributed by atoms with Gasteiger partial charge in [-0.2, -0.15) is 0 Å². The maximum atomic E-state index is 13.6. The van der Waals surface area contributed by atoms with E-state index in [1.54, 1.807) is 43.6 Å². The average molecular weight is 447 g/mol. The third-order valence-electron chi connectivity index (χ3n) is 5.95. The fourth-order valence-corrected chi connectivity index (χ4v) is 4.14. The molecule has 1 N–H and O–H groups in total. The number of carbonyl (C=O) groups excluding carboxylic acids is 1. The van der Waals surface area contributed by atoms with Crippen LogP contribution in [0.5, 0.6) is 0 Å². The van der Waals surface area contributed by atoms with Gasteiger partial charge in [0.15, 0.2) is 0 Å². The van der Waals surface area contributed by atoms with Gasteiger partial charge in [-0.15, -0.1) is 5.10 Å². The Bertz CT molecular complexity index is 1380. The van der Waals surface area contributed by atoms with Crippen LogP contribution in [0.1, 0.15) is 23.2 Å². The van der Waals surface area contributed by atoms with E-state index in [2.05, 4.69) is 15.3 Å². The molecule has 33 heavy (non-hydrogen) atoms. The Morgan fingerprint density at radius 3 is 2.79 bits per heavy atom. The lowest BCUT2D eigenvalue weighted by atomic mass is 10.1. The molecule has 1 aliphatic rings. The molecule has 0 aliphatic carbocycles. The normalized spacial score (nSPS) is 16.3. The quantitative estimate of drug-likeness (QED) is 0.519. The first-order chi connectivity index (χ1) is 16.0. The zero-order valence-electron chi connectivity index (χ0n) is 18.0. The van der Waals surface area contributed by atoms with Crippen LogP contribution in [0.3, 0.4) is 0 Å². The molecule has 1 atom stereocenters. The summed E-state index contributed by atoms with van der Waals surface area (Å²) in [7, 11) is 1.67. The topological polar surface area (TPSA) is 93.1 Å². The lowest BCUT2D eigenvalue weighted by molar-refractivity contribution is 0.0269. The van der Waals surface area contributed by atoms with Crippen LogP contribution in [-0.2, 0) is 4.74 Å². The Hall–Kier alpha value is -3.85. The van der Waals surface area contributed by atoms with Crippen LogP contribution in [0.15, 0.2) is 59.5 Å². The monoisotopic (exact) mass is 447 g/mol. The second-order valence-corrected chi connectivity index (χ2v) is 8.09. The lowest BCUT2D eigenvalue weighted by Gasteiger charge is -2.32. The molecule has 5 rings (SSSR count). The number of aromatic amines is 1. The zero-order chi connectivity index (χ0) is 22.9. The molecule has 0 bridgehead atoms. The molecule has 2 aromatic heterocycles. The van der Waals surface area contributed by atoms with Crippen molar-refractivity contribution < 1.29 is 13.9 Å². The summed E-state index contributed by atoms with van der Waals surface area (Å²) in [6, 6.07) is 12.8. The van der Waals surface area contributed by atoms with Gasteiger partial charge in [-0.25, -0.2) is 9.07 Å². The lowest BCUT2D eigenvalue weighted by Crippen LogP contribution is -2.42. The maximum absolute atomic E-state index is 13.6. The minimum Gasteiger partial charge on any atom is -0.380 e. The highest BCUT2D eigenvalue weighted by Gasteiger charge is 2.24. The number of likely N-dealkylation sites (tertiary alicyclic amines) is 1. The van der Waals surface area contributed by atoms with Crippen LogP contribution in [0.2, 0.25) is 0 Å². The van der Waals surface area contributed by atoms with E-state index in [0.29, 0.717) is 40.0 Å². The summed E-state index contributed by atoms with van der Waals surface area (Å²) < 4.78 is 20.5. The summed E-state index contributed by atoms with van der Waals surface area (Å²) in [5.74, 6) is -0.418. The molecule has 9 heteroatoms. The number of carbonyl (C=O) groups is 1. The average Bonchev–Trinajstić information content (AvgIpc) is 3.33. The highest BCUT2D eigenvalue weighted by molar-refractivity contribution is 5.94. The predicted octanol–water partition coefficient (Wildman–Crippen LogP) is 3.17. The van der Waals surface area contributed by atoms with Gasteiger partial charge in [0.1, 0.15) is 11.5 Å². The third-order valence-corrected chi connectivity index (χ3v) is 5.95. The second kappa shape index (κ2) is 8.59. The van der Waals surface area contributed by atoms with Crippen molar-refractivity contribution in [2.45, 2.75) is 18.9 Å². The molecule has 2 aromatic carbocycles. The first kappa shape index (κ1) is 21.0. The van der Waals surface area contributed by atoms with Crippen LogP contribution in [0.25, 0.3) is 27.8 Å². The van der Waals surface area contributed by atoms with E-state index in [4.69, 9.17) is 4.74 Å². The van der Waals surface area contributed by atoms with Gasteiger partial charge in [0, 0.05) is 36.7 Å². The van der Waals surface area contributed by atoms with E-state index in [9.17, 15) is 14.0 Å². The maximum Gasteiger partial charge on any atom is 0.258 e. The van der Waals surface area contributed by atoms with Crippen molar-refractivity contribution in [3.8, 4) is 16.9 Å². The first-order valence-electron chi connectivity index (χ1n) is 10.7. The van der Waals surface area contributed by atoms with E-state index in [1.807, 2.05) is 4.90 Å². The molecule has 0 saturated carbocycles. The molecule has 1 aliphatic heterocycles. The van der Waals surface area contributed by atoms with Crippen molar-refractivity contribution >= 4 is 16.8 Å². The minimum atomic E-state index is -0.388. The van der Waals surface area contributed by atoms with Crippen LogP contribution in [0.4, 0.5) is 4.39 Å². The summed E-state index contributed by atoms with van der Waals surface area (Å²) in [5, 5.41) is 8.79. The molecular formula is C24H22FN5O3. The summed E-state index contributed by atoms with van der Waals surface area (Å²) in [4.78, 5) is 29.9. The van der Waals surface area contributed by atoms with Gasteiger partial charge in [-0.1, -0.05) is 5.21 Å². The number of nitrogens with zero attached hydrogens (tertiary/aromatic N) is 4. The fourth-order valence-electron chi connectivity index (χ4n) is 4.14. The summed E-state index contributed by atoms with van der Waals surface area (Å²) in [6.07, 6.45) is 3.58. The number of H-pyrrole nitrogens is 1. The van der Waals surface area contributed by atoms with E-state index >= 15 is 0 Å². The zero-order valence-corrected chi connectivity index (χ0v) is 18.0. The number of nitrogens with one attached hydrogen (secondary N) is 1. The highest BCUT2D eigenvalue weighted by atomic mass is 19.1. The Labute approximate surface area is 188 Å². The van der Waals surface area contributed by atoms with Crippen molar-refractivity contribution in [1.29, 1.82) is 0 Å². The molecule has 3 heterocycles. The van der Waals surface area contributed by atoms with Crippen LogP contribution < -0.4 is 5.56 Å². The van der Waals surface area contributed by atoms with Crippen LogP contribution in [0, 0.1) is 5.82 Å². The minimum absolute atomic E-state index is 0.0301. The molecule has 0 unspecified atom stereocenters. The molecular weight excluding hydrogens is 425 g/mol. The molecule has 1 saturated heterocycles. The Balaban J connectivity index is 1.38.